The van der Waals surface area contributed by atoms with E-state index in [4.69, 9.17) is 10.5 Å². The maximum absolute atomic E-state index is 11.7. The second-order valence-corrected chi connectivity index (χ2v) is 8.93. The van der Waals surface area contributed by atoms with Gasteiger partial charge in [-0.25, -0.2) is 13.2 Å². The van der Waals surface area contributed by atoms with Crippen molar-refractivity contribution in [2.24, 2.45) is 11.7 Å². The number of carbonyl (C=O) groups excluding carboxylic acids is 1. The lowest BCUT2D eigenvalue weighted by atomic mass is 9.86. The van der Waals surface area contributed by atoms with Crippen molar-refractivity contribution in [1.82, 2.24) is 4.90 Å². The summed E-state index contributed by atoms with van der Waals surface area (Å²) < 4.78 is 28.5. The van der Waals surface area contributed by atoms with Crippen LogP contribution in [0.2, 0.25) is 0 Å². The van der Waals surface area contributed by atoms with Gasteiger partial charge in [-0.15, -0.1) is 0 Å². The second kappa shape index (κ2) is 8.67. The van der Waals surface area contributed by atoms with Gasteiger partial charge in [0.1, 0.15) is 0 Å². The molecule has 0 bridgehead atoms. The molecule has 25 heavy (non-hydrogen) atoms. The smallest absolute Gasteiger partial charge is 0.315 e. The molecule has 0 saturated heterocycles. The number of urea groups is 1. The minimum absolute atomic E-state index is 0.214. The molecule has 0 spiro atoms. The molecule has 1 aliphatic rings. The molecule has 0 heterocycles. The number of primary amides is 1. The van der Waals surface area contributed by atoms with Crippen LogP contribution in [0.1, 0.15) is 38.2 Å². The van der Waals surface area contributed by atoms with Gasteiger partial charge < -0.3 is 15.4 Å². The maximum atomic E-state index is 11.7. The molecule has 1 aliphatic carbocycles. The van der Waals surface area contributed by atoms with Crippen LogP contribution in [-0.4, -0.2) is 44.8 Å². The van der Waals surface area contributed by atoms with Crippen molar-refractivity contribution in [3.8, 4) is 0 Å². The maximum Gasteiger partial charge on any atom is 0.315 e. The number of hydrogen-bond donors (Lipinski definition) is 1. The van der Waals surface area contributed by atoms with Crippen LogP contribution in [0, 0.1) is 5.92 Å². The lowest BCUT2D eigenvalue weighted by molar-refractivity contribution is 0.0801. The summed E-state index contributed by atoms with van der Waals surface area (Å²) in [4.78, 5) is 13.7. The first-order chi connectivity index (χ1) is 11.8. The van der Waals surface area contributed by atoms with Crippen LogP contribution in [0.3, 0.4) is 0 Å². The fourth-order valence-electron chi connectivity index (χ4n) is 3.21. The van der Waals surface area contributed by atoms with E-state index in [0.717, 1.165) is 37.2 Å². The summed E-state index contributed by atoms with van der Waals surface area (Å²) in [5, 5.41) is 0. The van der Waals surface area contributed by atoms with Gasteiger partial charge in [0.2, 0.25) is 0 Å². The van der Waals surface area contributed by atoms with E-state index in [1.54, 1.807) is 29.2 Å². The molecule has 0 unspecified atom stereocenters. The summed E-state index contributed by atoms with van der Waals surface area (Å²) in [6, 6.07) is 6.46. The second-order valence-electron chi connectivity index (χ2n) is 6.91. The van der Waals surface area contributed by atoms with E-state index in [2.05, 4.69) is 6.92 Å². The first-order valence-electron chi connectivity index (χ1n) is 8.70. The van der Waals surface area contributed by atoms with Crippen molar-refractivity contribution in [2.75, 3.05) is 19.4 Å². The summed E-state index contributed by atoms with van der Waals surface area (Å²) in [5.41, 5.74) is 6.42. The van der Waals surface area contributed by atoms with Crippen LogP contribution in [0.5, 0.6) is 0 Å². The molecule has 1 saturated carbocycles. The number of benzene rings is 1. The number of hydrogen-bond acceptors (Lipinski definition) is 4. The minimum Gasteiger partial charge on any atom is -0.375 e. The Morgan fingerprint density at radius 3 is 2.32 bits per heavy atom. The Morgan fingerprint density at radius 2 is 1.80 bits per heavy atom. The van der Waals surface area contributed by atoms with Crippen LogP contribution in [-0.2, 0) is 21.2 Å². The Labute approximate surface area is 150 Å². The topological polar surface area (TPSA) is 89.7 Å². The summed E-state index contributed by atoms with van der Waals surface area (Å²) in [6.07, 6.45) is 5.43. The Morgan fingerprint density at radius 1 is 1.20 bits per heavy atom. The number of nitrogens with zero attached hydrogens (tertiary/aromatic N) is 1. The lowest BCUT2D eigenvalue weighted by Crippen LogP contribution is -2.46. The van der Waals surface area contributed by atoms with E-state index in [-0.39, 0.29) is 12.1 Å². The van der Waals surface area contributed by atoms with Gasteiger partial charge in [0.05, 0.1) is 18.1 Å². The lowest BCUT2D eigenvalue weighted by Gasteiger charge is -2.35. The van der Waals surface area contributed by atoms with Crippen molar-refractivity contribution >= 4 is 15.9 Å². The fraction of sp³-hybridized carbons (Fsp3) is 0.611. The van der Waals surface area contributed by atoms with Gasteiger partial charge in [0.15, 0.2) is 9.84 Å². The van der Waals surface area contributed by atoms with Gasteiger partial charge in [0.25, 0.3) is 0 Å². The molecule has 7 heteroatoms. The molecule has 2 amide bonds. The Bertz CT molecular complexity index is 665. The zero-order chi connectivity index (χ0) is 18.4. The highest BCUT2D eigenvalue weighted by atomic mass is 32.2. The quantitative estimate of drug-likeness (QED) is 0.749. The number of amides is 2. The summed E-state index contributed by atoms with van der Waals surface area (Å²) in [5.74, 6) is 0.720. The summed E-state index contributed by atoms with van der Waals surface area (Å²) >= 11 is 0. The van der Waals surface area contributed by atoms with Crippen LogP contribution in [0.15, 0.2) is 29.2 Å². The van der Waals surface area contributed by atoms with Crippen LogP contribution < -0.4 is 5.73 Å². The van der Waals surface area contributed by atoms with E-state index < -0.39 is 9.84 Å². The average Bonchev–Trinajstić information content (AvgIpc) is 2.55. The van der Waals surface area contributed by atoms with Crippen molar-refractivity contribution in [1.29, 1.82) is 0 Å². The third-order valence-electron chi connectivity index (χ3n) is 4.81. The highest BCUT2D eigenvalue weighted by molar-refractivity contribution is 7.90. The molecule has 140 valence electrons. The number of sulfone groups is 1. The molecule has 1 aromatic rings. The fourth-order valence-corrected chi connectivity index (χ4v) is 3.84. The Balaban J connectivity index is 1.79. The zero-order valence-electron chi connectivity index (χ0n) is 15.0. The van der Waals surface area contributed by atoms with Crippen LogP contribution in [0.4, 0.5) is 4.79 Å². The van der Waals surface area contributed by atoms with Crippen molar-refractivity contribution in [3.05, 3.63) is 29.8 Å². The standard InChI is InChI=1S/C18H28N2O4S/c1-14-3-7-16(8-4-14)20(18(19)21)11-12-24-13-15-5-9-17(10-6-15)25(2,22)23/h5-6,9-10,14,16H,3-4,7-8,11-13H2,1-2H3,(H2,19,21). The van der Waals surface area contributed by atoms with E-state index >= 15 is 0 Å². The van der Waals surface area contributed by atoms with Crippen molar-refractivity contribution in [3.63, 3.8) is 0 Å². The molecule has 0 atom stereocenters. The third kappa shape index (κ3) is 6.01. The SMILES string of the molecule is CC1CCC(N(CCOCc2ccc(S(C)(=O)=O)cc2)C(N)=O)CC1. The molecule has 0 aliphatic heterocycles. The molecule has 2 N–H and O–H groups in total. The molecular weight excluding hydrogens is 340 g/mol. The first-order valence-corrected chi connectivity index (χ1v) is 10.6. The molecule has 1 fully saturated rings. The Hall–Kier alpha value is -1.60. The highest BCUT2D eigenvalue weighted by Gasteiger charge is 2.25. The highest BCUT2D eigenvalue weighted by Crippen LogP contribution is 2.26. The van der Waals surface area contributed by atoms with Gasteiger partial charge in [0, 0.05) is 18.8 Å². The first kappa shape index (κ1) is 19.7. The minimum atomic E-state index is -3.18. The third-order valence-corrected chi connectivity index (χ3v) is 5.93. The van der Waals surface area contributed by atoms with Gasteiger partial charge in [-0.3, -0.25) is 0 Å². The normalized spacial score (nSPS) is 21.0. The van der Waals surface area contributed by atoms with Crippen molar-refractivity contribution < 1.29 is 17.9 Å². The number of ether oxygens (including phenoxy) is 1. The summed E-state index contributed by atoms with van der Waals surface area (Å²) in [7, 11) is -3.18. The van der Waals surface area contributed by atoms with Crippen LogP contribution >= 0.6 is 0 Å². The van der Waals surface area contributed by atoms with Crippen molar-refractivity contribution in [2.45, 2.75) is 50.2 Å². The van der Waals surface area contributed by atoms with Crippen LogP contribution in [0.25, 0.3) is 0 Å². The van der Waals surface area contributed by atoms with Gasteiger partial charge in [-0.05, 0) is 49.3 Å². The van der Waals surface area contributed by atoms with Gasteiger partial charge in [-0.1, -0.05) is 19.1 Å². The number of nitrogens with two attached hydrogens (primary N) is 1. The van der Waals surface area contributed by atoms with Gasteiger partial charge in [-0.2, -0.15) is 0 Å². The molecule has 0 radical (unpaired) electrons. The molecule has 2 rings (SSSR count). The Kier molecular flexibility index (Phi) is 6.84. The summed E-state index contributed by atoms with van der Waals surface area (Å²) in [6.45, 7) is 3.50. The van der Waals surface area contributed by atoms with E-state index in [9.17, 15) is 13.2 Å². The molecule has 1 aromatic carbocycles. The van der Waals surface area contributed by atoms with E-state index in [1.165, 1.54) is 6.26 Å². The molecule has 0 aromatic heterocycles. The predicted molar refractivity (Wildman–Crippen MR) is 96.9 cm³/mol. The molecular formula is C18H28N2O4S. The largest absolute Gasteiger partial charge is 0.375 e. The predicted octanol–water partition coefficient (Wildman–Crippen LogP) is 2.57. The average molecular weight is 368 g/mol. The zero-order valence-corrected chi connectivity index (χ0v) is 15.8. The number of rotatable bonds is 7. The monoisotopic (exact) mass is 368 g/mol. The molecule has 6 nitrogen and oxygen atoms in total. The number of carbonyl (C=O) groups is 1. The van der Waals surface area contributed by atoms with E-state index in [1.807, 2.05) is 0 Å². The van der Waals surface area contributed by atoms with Gasteiger partial charge >= 0.3 is 6.03 Å². The van der Waals surface area contributed by atoms with E-state index in [0.29, 0.717) is 24.7 Å².